The minimum atomic E-state index is 0.106. The van der Waals surface area contributed by atoms with E-state index in [1.807, 2.05) is 12.1 Å². The Balaban J connectivity index is 2.43. The summed E-state index contributed by atoms with van der Waals surface area (Å²) in [5, 5.41) is 3.63. The maximum Gasteiger partial charge on any atom is 0.142 e. The van der Waals surface area contributed by atoms with Crippen molar-refractivity contribution in [3.05, 3.63) is 24.3 Å². The Morgan fingerprint density at radius 2 is 1.84 bits per heavy atom. The lowest BCUT2D eigenvalue weighted by molar-refractivity contribution is 0.390. The molecule has 1 aliphatic rings. The molecule has 3 nitrogen and oxygen atoms in total. The van der Waals surface area contributed by atoms with Crippen molar-refractivity contribution in [1.82, 2.24) is 5.32 Å². The molecular weight excluding hydrogens is 236 g/mol. The Bertz CT molecular complexity index is 440. The fraction of sp³-hybridized carbons (Fsp3) is 0.625. The predicted octanol–water partition coefficient (Wildman–Crippen LogP) is 3.05. The lowest BCUT2D eigenvalue weighted by Gasteiger charge is -2.42. The van der Waals surface area contributed by atoms with Crippen molar-refractivity contribution in [3.63, 3.8) is 0 Å². The van der Waals surface area contributed by atoms with E-state index in [0.717, 1.165) is 25.3 Å². The summed E-state index contributed by atoms with van der Waals surface area (Å²) in [6.07, 6.45) is 1.12. The Labute approximate surface area is 116 Å². The Morgan fingerprint density at radius 3 is 2.53 bits per heavy atom. The van der Waals surface area contributed by atoms with Crippen LogP contribution in [0.5, 0.6) is 5.75 Å². The van der Waals surface area contributed by atoms with Crippen LogP contribution in [0, 0.1) is 0 Å². The summed E-state index contributed by atoms with van der Waals surface area (Å²) in [4.78, 5) is 2.48. The molecule has 0 saturated carbocycles. The maximum atomic E-state index is 5.54. The Kier molecular flexibility index (Phi) is 3.77. The van der Waals surface area contributed by atoms with E-state index in [2.05, 4.69) is 50.0 Å². The van der Waals surface area contributed by atoms with Gasteiger partial charge >= 0.3 is 0 Å². The van der Waals surface area contributed by atoms with E-state index in [1.165, 1.54) is 5.69 Å². The van der Waals surface area contributed by atoms with E-state index in [0.29, 0.717) is 0 Å². The van der Waals surface area contributed by atoms with Gasteiger partial charge in [0.1, 0.15) is 5.75 Å². The highest BCUT2D eigenvalue weighted by Crippen LogP contribution is 2.36. The first kappa shape index (κ1) is 14.2. The molecule has 1 aromatic carbocycles. The molecule has 1 saturated heterocycles. The van der Waals surface area contributed by atoms with Gasteiger partial charge in [0, 0.05) is 17.6 Å². The average molecular weight is 262 g/mol. The largest absolute Gasteiger partial charge is 0.495 e. The summed E-state index contributed by atoms with van der Waals surface area (Å²) in [7, 11) is 1.74. The zero-order valence-corrected chi connectivity index (χ0v) is 12.8. The number of anilines is 1. The van der Waals surface area contributed by atoms with Crippen LogP contribution >= 0.6 is 0 Å². The molecule has 0 aromatic heterocycles. The number of para-hydroxylation sites is 2. The van der Waals surface area contributed by atoms with Crippen LogP contribution in [0.4, 0.5) is 5.69 Å². The van der Waals surface area contributed by atoms with Crippen molar-refractivity contribution >= 4 is 5.69 Å². The fourth-order valence-corrected chi connectivity index (χ4v) is 2.77. The molecule has 19 heavy (non-hydrogen) atoms. The summed E-state index contributed by atoms with van der Waals surface area (Å²) in [5.41, 5.74) is 1.41. The van der Waals surface area contributed by atoms with E-state index < -0.39 is 0 Å². The summed E-state index contributed by atoms with van der Waals surface area (Å²) in [6, 6.07) is 8.30. The van der Waals surface area contributed by atoms with Gasteiger partial charge in [0.15, 0.2) is 0 Å². The minimum Gasteiger partial charge on any atom is -0.495 e. The molecule has 1 fully saturated rings. The summed E-state index contributed by atoms with van der Waals surface area (Å²) >= 11 is 0. The number of nitrogens with zero attached hydrogens (tertiary/aromatic N) is 1. The van der Waals surface area contributed by atoms with Crippen LogP contribution < -0.4 is 15.0 Å². The second-order valence-corrected chi connectivity index (χ2v) is 6.63. The zero-order chi connectivity index (χ0) is 14.1. The van der Waals surface area contributed by atoms with Gasteiger partial charge in [0.2, 0.25) is 0 Å². The molecule has 0 unspecified atom stereocenters. The van der Waals surface area contributed by atoms with Gasteiger partial charge in [-0.1, -0.05) is 12.1 Å². The molecule has 3 heteroatoms. The molecule has 0 bridgehead atoms. The number of benzene rings is 1. The Hall–Kier alpha value is -1.22. The van der Waals surface area contributed by atoms with Gasteiger partial charge in [-0.3, -0.25) is 0 Å². The average Bonchev–Trinajstić information content (AvgIpc) is 2.45. The van der Waals surface area contributed by atoms with Crippen LogP contribution in [0.3, 0.4) is 0 Å². The molecule has 0 radical (unpaired) electrons. The molecule has 1 heterocycles. The second-order valence-electron chi connectivity index (χ2n) is 6.63. The smallest absolute Gasteiger partial charge is 0.142 e. The topological polar surface area (TPSA) is 24.5 Å². The minimum absolute atomic E-state index is 0.106. The first-order valence-electron chi connectivity index (χ1n) is 7.01. The molecule has 0 spiro atoms. The van der Waals surface area contributed by atoms with Gasteiger partial charge in [-0.25, -0.2) is 0 Å². The number of hydrogen-bond acceptors (Lipinski definition) is 3. The van der Waals surface area contributed by atoms with Gasteiger partial charge < -0.3 is 15.0 Å². The maximum absolute atomic E-state index is 5.54. The molecule has 0 aliphatic carbocycles. The third-order valence-corrected chi connectivity index (χ3v) is 4.00. The summed E-state index contributed by atoms with van der Waals surface area (Å²) in [5.74, 6) is 0.952. The molecule has 0 atom stereocenters. The van der Waals surface area contributed by atoms with E-state index in [4.69, 9.17) is 4.74 Å². The highest BCUT2D eigenvalue weighted by molar-refractivity contribution is 5.60. The van der Waals surface area contributed by atoms with E-state index in [-0.39, 0.29) is 11.1 Å². The van der Waals surface area contributed by atoms with Crippen molar-refractivity contribution in [2.24, 2.45) is 0 Å². The number of ether oxygens (including phenoxy) is 1. The third-order valence-electron chi connectivity index (χ3n) is 4.00. The molecular formula is C16H26N2O. The highest BCUT2D eigenvalue weighted by atomic mass is 16.5. The van der Waals surface area contributed by atoms with E-state index in [1.54, 1.807) is 7.11 Å². The van der Waals surface area contributed by atoms with Crippen LogP contribution in [0.2, 0.25) is 0 Å². The monoisotopic (exact) mass is 262 g/mol. The summed E-state index contributed by atoms with van der Waals surface area (Å²) < 4.78 is 5.54. The zero-order valence-electron chi connectivity index (χ0n) is 12.8. The Morgan fingerprint density at radius 1 is 1.16 bits per heavy atom. The highest BCUT2D eigenvalue weighted by Gasteiger charge is 2.36. The normalized spacial score (nSPS) is 21.8. The van der Waals surface area contributed by atoms with Crippen molar-refractivity contribution < 1.29 is 4.74 Å². The molecule has 0 amide bonds. The first-order valence-corrected chi connectivity index (χ1v) is 7.01. The SMILES string of the molecule is COc1ccccc1N1CC(C)(C)NCCC1(C)C. The number of methoxy groups -OCH3 is 1. The van der Waals surface area contributed by atoms with Gasteiger partial charge in [0.25, 0.3) is 0 Å². The first-order chi connectivity index (χ1) is 8.86. The van der Waals surface area contributed by atoms with Crippen molar-refractivity contribution in [2.45, 2.75) is 45.2 Å². The lowest BCUT2D eigenvalue weighted by atomic mass is 9.96. The van der Waals surface area contributed by atoms with Gasteiger partial charge in [-0.2, -0.15) is 0 Å². The molecule has 2 rings (SSSR count). The molecule has 1 aliphatic heterocycles. The lowest BCUT2D eigenvalue weighted by Crippen LogP contribution is -2.51. The van der Waals surface area contributed by atoms with Crippen molar-refractivity contribution in [3.8, 4) is 5.75 Å². The summed E-state index contributed by atoms with van der Waals surface area (Å²) in [6.45, 7) is 11.2. The third kappa shape index (κ3) is 3.03. The number of rotatable bonds is 2. The van der Waals surface area contributed by atoms with Gasteiger partial charge in [0.05, 0.1) is 12.8 Å². The van der Waals surface area contributed by atoms with E-state index in [9.17, 15) is 0 Å². The van der Waals surface area contributed by atoms with Gasteiger partial charge in [-0.15, -0.1) is 0 Å². The number of hydrogen-bond donors (Lipinski definition) is 1. The number of nitrogens with one attached hydrogen (secondary N) is 1. The molecule has 1 aromatic rings. The van der Waals surface area contributed by atoms with Crippen LogP contribution in [0.25, 0.3) is 0 Å². The van der Waals surface area contributed by atoms with Crippen LogP contribution in [0.15, 0.2) is 24.3 Å². The van der Waals surface area contributed by atoms with Crippen molar-refractivity contribution in [1.29, 1.82) is 0 Å². The van der Waals surface area contributed by atoms with Gasteiger partial charge in [-0.05, 0) is 52.8 Å². The van der Waals surface area contributed by atoms with Crippen LogP contribution in [-0.2, 0) is 0 Å². The fourth-order valence-electron chi connectivity index (χ4n) is 2.77. The predicted molar refractivity (Wildman–Crippen MR) is 81.1 cm³/mol. The van der Waals surface area contributed by atoms with Crippen LogP contribution in [0.1, 0.15) is 34.1 Å². The standard InChI is InChI=1S/C16H26N2O/c1-15(2)12-18(16(3,4)10-11-17-15)13-8-6-7-9-14(13)19-5/h6-9,17H,10-12H2,1-5H3. The quantitative estimate of drug-likeness (QED) is 0.886. The second kappa shape index (κ2) is 5.04. The van der Waals surface area contributed by atoms with Crippen molar-refractivity contribution in [2.75, 3.05) is 25.1 Å². The van der Waals surface area contributed by atoms with E-state index >= 15 is 0 Å². The molecule has 1 N–H and O–H groups in total. The van der Waals surface area contributed by atoms with Crippen LogP contribution in [-0.4, -0.2) is 31.3 Å². The molecule has 106 valence electrons.